The van der Waals surface area contributed by atoms with Crippen molar-refractivity contribution in [2.45, 2.75) is 25.8 Å². The Morgan fingerprint density at radius 3 is 2.33 bits per heavy atom. The average molecular weight is 235 g/mol. The first-order chi connectivity index (χ1) is 6.96. The van der Waals surface area contributed by atoms with Gasteiger partial charge in [0.2, 0.25) is 0 Å². The Labute approximate surface area is 90.0 Å². The van der Waals surface area contributed by atoms with Gasteiger partial charge >= 0.3 is 5.97 Å². The van der Waals surface area contributed by atoms with E-state index in [-0.39, 0.29) is 11.5 Å². The van der Waals surface area contributed by atoms with Crippen LogP contribution in [-0.2, 0) is 14.6 Å². The van der Waals surface area contributed by atoms with E-state index in [4.69, 9.17) is 5.11 Å². The van der Waals surface area contributed by atoms with Gasteiger partial charge in [0.25, 0.3) is 0 Å². The van der Waals surface area contributed by atoms with Crippen LogP contribution in [0.15, 0.2) is 0 Å². The SMILES string of the molecule is CCCC(C(=O)O)N1CCS(=O)(=O)CC1. The van der Waals surface area contributed by atoms with E-state index >= 15 is 0 Å². The van der Waals surface area contributed by atoms with Crippen LogP contribution in [0.2, 0.25) is 0 Å². The van der Waals surface area contributed by atoms with Crippen molar-refractivity contribution in [1.29, 1.82) is 0 Å². The fourth-order valence-electron chi connectivity index (χ4n) is 1.77. The van der Waals surface area contributed by atoms with Gasteiger partial charge in [-0.15, -0.1) is 0 Å². The van der Waals surface area contributed by atoms with Crippen LogP contribution in [0, 0.1) is 0 Å². The summed E-state index contributed by atoms with van der Waals surface area (Å²) in [7, 11) is -2.92. The number of hydrogen-bond donors (Lipinski definition) is 1. The molecule has 0 radical (unpaired) electrons. The van der Waals surface area contributed by atoms with Gasteiger partial charge in [0.15, 0.2) is 9.84 Å². The summed E-state index contributed by atoms with van der Waals surface area (Å²) in [4.78, 5) is 12.7. The molecule has 0 spiro atoms. The van der Waals surface area contributed by atoms with E-state index in [1.807, 2.05) is 6.92 Å². The Kier molecular flexibility index (Phi) is 4.10. The highest BCUT2D eigenvalue weighted by Gasteiger charge is 2.30. The minimum atomic E-state index is -2.92. The molecule has 1 saturated heterocycles. The molecule has 0 amide bonds. The standard InChI is InChI=1S/C9H17NO4S/c1-2-3-8(9(11)12)10-4-6-15(13,14)7-5-10/h8H,2-7H2,1H3,(H,11,12). The number of aliphatic carboxylic acids is 1. The van der Waals surface area contributed by atoms with Crippen LogP contribution in [0.25, 0.3) is 0 Å². The molecule has 0 aromatic carbocycles. The van der Waals surface area contributed by atoms with Crippen molar-refractivity contribution in [3.05, 3.63) is 0 Å². The molecule has 1 heterocycles. The summed E-state index contributed by atoms with van der Waals surface area (Å²) in [6.45, 7) is 2.62. The fourth-order valence-corrected chi connectivity index (χ4v) is 3.00. The summed E-state index contributed by atoms with van der Waals surface area (Å²) >= 11 is 0. The molecule has 1 atom stereocenters. The van der Waals surface area contributed by atoms with Crippen LogP contribution in [0.4, 0.5) is 0 Å². The van der Waals surface area contributed by atoms with Crippen LogP contribution in [-0.4, -0.2) is 55.0 Å². The van der Waals surface area contributed by atoms with Gasteiger partial charge in [-0.25, -0.2) is 8.42 Å². The number of hydrogen-bond acceptors (Lipinski definition) is 4. The Hall–Kier alpha value is -0.620. The fraction of sp³-hybridized carbons (Fsp3) is 0.889. The average Bonchev–Trinajstić information content (AvgIpc) is 2.14. The molecule has 6 heteroatoms. The molecule has 88 valence electrons. The molecule has 1 unspecified atom stereocenters. The van der Waals surface area contributed by atoms with Gasteiger partial charge in [0.05, 0.1) is 11.5 Å². The van der Waals surface area contributed by atoms with E-state index in [2.05, 4.69) is 0 Å². The zero-order valence-electron chi connectivity index (χ0n) is 8.85. The second-order valence-corrected chi connectivity index (χ2v) is 6.13. The molecule has 0 aromatic heterocycles. The topological polar surface area (TPSA) is 74.7 Å². The lowest BCUT2D eigenvalue weighted by molar-refractivity contribution is -0.143. The number of carbonyl (C=O) groups is 1. The molecule has 1 rings (SSSR count). The zero-order chi connectivity index (χ0) is 11.5. The molecule has 5 nitrogen and oxygen atoms in total. The summed E-state index contributed by atoms with van der Waals surface area (Å²) in [6, 6.07) is -0.523. The normalized spacial score (nSPS) is 23.5. The number of carboxylic acids is 1. The Morgan fingerprint density at radius 2 is 1.93 bits per heavy atom. The molecule has 1 aliphatic rings. The molecule has 1 aliphatic heterocycles. The van der Waals surface area contributed by atoms with Gasteiger partial charge in [-0.2, -0.15) is 0 Å². The van der Waals surface area contributed by atoms with E-state index in [9.17, 15) is 13.2 Å². The van der Waals surface area contributed by atoms with Gasteiger partial charge in [0, 0.05) is 13.1 Å². The number of rotatable bonds is 4. The number of nitrogens with zero attached hydrogens (tertiary/aromatic N) is 1. The van der Waals surface area contributed by atoms with Gasteiger partial charge in [-0.05, 0) is 6.42 Å². The third kappa shape index (κ3) is 3.46. The van der Waals surface area contributed by atoms with Gasteiger partial charge < -0.3 is 5.11 Å². The molecule has 1 fully saturated rings. The van der Waals surface area contributed by atoms with Crippen LogP contribution in [0.5, 0.6) is 0 Å². The first kappa shape index (κ1) is 12.4. The lowest BCUT2D eigenvalue weighted by atomic mass is 10.1. The van der Waals surface area contributed by atoms with Crippen molar-refractivity contribution in [2.75, 3.05) is 24.6 Å². The highest BCUT2D eigenvalue weighted by molar-refractivity contribution is 7.91. The molecular weight excluding hydrogens is 218 g/mol. The van der Waals surface area contributed by atoms with Gasteiger partial charge in [0.1, 0.15) is 6.04 Å². The molecule has 0 aliphatic carbocycles. The monoisotopic (exact) mass is 235 g/mol. The van der Waals surface area contributed by atoms with Crippen LogP contribution in [0.3, 0.4) is 0 Å². The van der Waals surface area contributed by atoms with Crippen LogP contribution >= 0.6 is 0 Å². The van der Waals surface area contributed by atoms with E-state index in [0.29, 0.717) is 19.5 Å². The van der Waals surface area contributed by atoms with Crippen molar-refractivity contribution in [1.82, 2.24) is 4.90 Å². The van der Waals surface area contributed by atoms with Crippen molar-refractivity contribution in [3.63, 3.8) is 0 Å². The second kappa shape index (κ2) is 4.94. The zero-order valence-corrected chi connectivity index (χ0v) is 9.66. The minimum Gasteiger partial charge on any atom is -0.480 e. The first-order valence-electron chi connectivity index (χ1n) is 5.13. The molecular formula is C9H17NO4S. The summed E-state index contributed by atoms with van der Waals surface area (Å²) in [6.07, 6.45) is 1.37. The highest BCUT2D eigenvalue weighted by Crippen LogP contribution is 2.12. The summed E-state index contributed by atoms with van der Waals surface area (Å²) in [5.74, 6) is -0.683. The Bertz CT molecular complexity index is 311. The Morgan fingerprint density at radius 1 is 1.40 bits per heavy atom. The van der Waals surface area contributed by atoms with Gasteiger partial charge in [-0.3, -0.25) is 9.69 Å². The lowest BCUT2D eigenvalue weighted by Crippen LogP contribution is -2.49. The molecule has 1 N–H and O–H groups in total. The second-order valence-electron chi connectivity index (χ2n) is 3.83. The van der Waals surface area contributed by atoms with Crippen LogP contribution < -0.4 is 0 Å². The minimum absolute atomic E-state index is 0.0838. The molecule has 0 saturated carbocycles. The lowest BCUT2D eigenvalue weighted by Gasteiger charge is -2.31. The number of carboxylic acid groups (broad SMARTS) is 1. The summed E-state index contributed by atoms with van der Waals surface area (Å²) in [5.41, 5.74) is 0. The van der Waals surface area contributed by atoms with Crippen LogP contribution in [0.1, 0.15) is 19.8 Å². The maximum absolute atomic E-state index is 11.2. The van der Waals surface area contributed by atoms with Gasteiger partial charge in [-0.1, -0.05) is 13.3 Å². The van der Waals surface area contributed by atoms with E-state index in [1.165, 1.54) is 0 Å². The van der Waals surface area contributed by atoms with Crippen molar-refractivity contribution >= 4 is 15.8 Å². The van der Waals surface area contributed by atoms with E-state index in [0.717, 1.165) is 6.42 Å². The van der Waals surface area contributed by atoms with E-state index < -0.39 is 21.8 Å². The molecule has 0 aromatic rings. The third-order valence-corrected chi connectivity index (χ3v) is 4.28. The van der Waals surface area contributed by atoms with E-state index in [1.54, 1.807) is 4.90 Å². The van der Waals surface area contributed by atoms with Crippen molar-refractivity contribution in [3.8, 4) is 0 Å². The van der Waals surface area contributed by atoms with Crippen molar-refractivity contribution in [2.24, 2.45) is 0 Å². The third-order valence-electron chi connectivity index (χ3n) is 2.67. The molecule has 15 heavy (non-hydrogen) atoms. The maximum atomic E-state index is 11.2. The number of sulfone groups is 1. The highest BCUT2D eigenvalue weighted by atomic mass is 32.2. The predicted octanol–water partition coefficient (Wildman–Crippen LogP) is -0.0299. The largest absolute Gasteiger partial charge is 0.480 e. The predicted molar refractivity (Wildman–Crippen MR) is 56.6 cm³/mol. The van der Waals surface area contributed by atoms with Crippen molar-refractivity contribution < 1.29 is 18.3 Å². The molecule has 0 bridgehead atoms. The maximum Gasteiger partial charge on any atom is 0.320 e. The summed E-state index contributed by atoms with van der Waals surface area (Å²) < 4.78 is 22.3. The smallest absolute Gasteiger partial charge is 0.320 e. The Balaban J connectivity index is 2.60. The summed E-state index contributed by atoms with van der Waals surface area (Å²) in [5, 5.41) is 9.00. The quantitative estimate of drug-likeness (QED) is 0.740. The first-order valence-corrected chi connectivity index (χ1v) is 6.95.